The highest BCUT2D eigenvalue weighted by atomic mass is 16.5. The van der Waals surface area contributed by atoms with Crippen molar-refractivity contribution >= 4 is 16.9 Å². The van der Waals surface area contributed by atoms with Crippen molar-refractivity contribution in [3.05, 3.63) is 48.1 Å². The molecule has 2 aromatic heterocycles. The summed E-state index contributed by atoms with van der Waals surface area (Å²) < 4.78 is 16.8. The monoisotopic (exact) mass is 364 g/mol. The third kappa shape index (κ3) is 3.15. The molecule has 3 heterocycles. The average Bonchev–Trinajstić information content (AvgIpc) is 3.34. The van der Waals surface area contributed by atoms with Crippen LogP contribution >= 0.6 is 0 Å². The lowest BCUT2D eigenvalue weighted by molar-refractivity contribution is 0.0742. The summed E-state index contributed by atoms with van der Waals surface area (Å²) in [5, 5.41) is 9.88. The van der Waals surface area contributed by atoms with Gasteiger partial charge in [0.15, 0.2) is 17.1 Å². The first-order chi connectivity index (χ1) is 13.2. The van der Waals surface area contributed by atoms with Crippen LogP contribution in [-0.2, 0) is 0 Å². The number of aromatic nitrogens is 2. The number of carbonyl (C=O) groups excluding carboxylic acids is 1. The maximum absolute atomic E-state index is 12.8. The molecule has 1 aliphatic heterocycles. The van der Waals surface area contributed by atoms with Crippen LogP contribution in [0.3, 0.4) is 0 Å². The largest absolute Gasteiger partial charge is 0.493 e. The predicted molar refractivity (Wildman–Crippen MR) is 94.4 cm³/mol. The van der Waals surface area contributed by atoms with Crippen LogP contribution in [0.25, 0.3) is 11.0 Å². The Labute approximate surface area is 154 Å². The number of ether oxygens (including phenoxy) is 2. The number of furan rings is 1. The Balaban J connectivity index is 1.49. The summed E-state index contributed by atoms with van der Waals surface area (Å²) in [6.07, 6.45) is 3.29. The zero-order valence-corrected chi connectivity index (χ0v) is 14.6. The first-order valence-electron chi connectivity index (χ1n) is 8.43. The Morgan fingerprint density at radius 3 is 3.04 bits per heavy atom. The number of nitrogens with zero attached hydrogens (tertiary/aromatic N) is 4. The second kappa shape index (κ2) is 6.96. The molecule has 1 saturated heterocycles. The lowest BCUT2D eigenvalue weighted by Gasteiger charge is -2.15. The standard InChI is InChI=1S/C19H16N4O4/c1-25-15-4-2-3-12-9-16(27-17(12)15)19(24)23-8-5-13(11-23)26-18-14(10-20)21-6-7-22-18/h2-4,6-7,9,13H,5,8,11H2,1H3/t13-/m0/s1. The fourth-order valence-electron chi connectivity index (χ4n) is 3.11. The zero-order chi connectivity index (χ0) is 18.8. The summed E-state index contributed by atoms with van der Waals surface area (Å²) in [5.41, 5.74) is 0.681. The van der Waals surface area contributed by atoms with Crippen molar-refractivity contribution in [2.24, 2.45) is 0 Å². The smallest absolute Gasteiger partial charge is 0.289 e. The van der Waals surface area contributed by atoms with Crippen molar-refractivity contribution in [2.75, 3.05) is 20.2 Å². The van der Waals surface area contributed by atoms with Gasteiger partial charge < -0.3 is 18.8 Å². The molecule has 136 valence electrons. The number of fused-ring (bicyclic) bond motifs is 1. The van der Waals surface area contributed by atoms with Crippen LogP contribution in [0.1, 0.15) is 22.7 Å². The quantitative estimate of drug-likeness (QED) is 0.700. The molecule has 1 fully saturated rings. The Bertz CT molecular complexity index is 1040. The Kier molecular flexibility index (Phi) is 4.34. The van der Waals surface area contributed by atoms with Gasteiger partial charge in [-0.05, 0) is 12.1 Å². The van der Waals surface area contributed by atoms with Gasteiger partial charge in [0.1, 0.15) is 12.2 Å². The Morgan fingerprint density at radius 1 is 1.37 bits per heavy atom. The van der Waals surface area contributed by atoms with Gasteiger partial charge in [-0.15, -0.1) is 0 Å². The van der Waals surface area contributed by atoms with E-state index >= 15 is 0 Å². The van der Waals surface area contributed by atoms with Crippen molar-refractivity contribution in [1.82, 2.24) is 14.9 Å². The number of likely N-dealkylation sites (tertiary alicyclic amines) is 1. The van der Waals surface area contributed by atoms with Gasteiger partial charge in [0, 0.05) is 30.7 Å². The lowest BCUT2D eigenvalue weighted by Crippen LogP contribution is -2.30. The van der Waals surface area contributed by atoms with E-state index in [2.05, 4.69) is 9.97 Å². The minimum absolute atomic E-state index is 0.131. The van der Waals surface area contributed by atoms with Crippen molar-refractivity contribution < 1.29 is 18.7 Å². The van der Waals surface area contributed by atoms with E-state index in [0.717, 1.165) is 5.39 Å². The topological polar surface area (TPSA) is 101 Å². The predicted octanol–water partition coefficient (Wildman–Crippen LogP) is 2.40. The molecule has 0 aliphatic carbocycles. The molecule has 1 aromatic carbocycles. The highest BCUT2D eigenvalue weighted by molar-refractivity contribution is 5.97. The van der Waals surface area contributed by atoms with Crippen LogP contribution in [0, 0.1) is 11.3 Å². The summed E-state index contributed by atoms with van der Waals surface area (Å²) in [4.78, 5) is 22.4. The van der Waals surface area contributed by atoms with Crippen LogP contribution in [0.2, 0.25) is 0 Å². The highest BCUT2D eigenvalue weighted by Gasteiger charge is 2.31. The van der Waals surface area contributed by atoms with Crippen LogP contribution in [0.5, 0.6) is 11.6 Å². The number of carbonyl (C=O) groups is 1. The van der Waals surface area contributed by atoms with E-state index in [4.69, 9.17) is 19.2 Å². The molecule has 0 unspecified atom stereocenters. The van der Waals surface area contributed by atoms with Gasteiger partial charge in [-0.2, -0.15) is 5.26 Å². The van der Waals surface area contributed by atoms with Gasteiger partial charge in [-0.25, -0.2) is 9.97 Å². The van der Waals surface area contributed by atoms with Crippen LogP contribution in [-0.4, -0.2) is 47.1 Å². The van der Waals surface area contributed by atoms with Crippen LogP contribution in [0.4, 0.5) is 0 Å². The second-order valence-corrected chi connectivity index (χ2v) is 6.09. The zero-order valence-electron chi connectivity index (χ0n) is 14.6. The SMILES string of the molecule is COc1cccc2cc(C(=O)N3CC[C@H](Oc4nccnc4C#N)C3)oc12. The third-order valence-electron chi connectivity index (χ3n) is 4.42. The van der Waals surface area contributed by atoms with Gasteiger partial charge in [-0.1, -0.05) is 12.1 Å². The van der Waals surface area contributed by atoms with E-state index < -0.39 is 0 Å². The van der Waals surface area contributed by atoms with Crippen LogP contribution < -0.4 is 9.47 Å². The van der Waals surface area contributed by atoms with Gasteiger partial charge in [0.2, 0.25) is 5.69 Å². The molecule has 3 aromatic rings. The van der Waals surface area contributed by atoms with Gasteiger partial charge in [0.05, 0.1) is 13.7 Å². The van der Waals surface area contributed by atoms with E-state index in [9.17, 15) is 4.79 Å². The first-order valence-corrected chi connectivity index (χ1v) is 8.43. The second-order valence-electron chi connectivity index (χ2n) is 6.09. The lowest BCUT2D eigenvalue weighted by atomic mass is 10.2. The first kappa shape index (κ1) is 16.8. The number of para-hydroxylation sites is 1. The Morgan fingerprint density at radius 2 is 2.22 bits per heavy atom. The maximum atomic E-state index is 12.8. The molecular formula is C19H16N4O4. The number of rotatable bonds is 4. The van der Waals surface area contributed by atoms with Crippen molar-refractivity contribution in [3.63, 3.8) is 0 Å². The van der Waals surface area contributed by atoms with E-state index in [1.165, 1.54) is 12.4 Å². The van der Waals surface area contributed by atoms with E-state index in [-0.39, 0.29) is 29.3 Å². The van der Waals surface area contributed by atoms with Gasteiger partial charge in [0.25, 0.3) is 11.8 Å². The summed E-state index contributed by atoms with van der Waals surface area (Å²) >= 11 is 0. The molecule has 1 amide bonds. The minimum Gasteiger partial charge on any atom is -0.493 e. The Hall–Kier alpha value is -3.60. The average molecular weight is 364 g/mol. The summed E-state index contributed by atoms with van der Waals surface area (Å²) in [5.74, 6) is 0.819. The molecule has 27 heavy (non-hydrogen) atoms. The van der Waals surface area contributed by atoms with Crippen LogP contribution in [0.15, 0.2) is 41.1 Å². The minimum atomic E-state index is -0.253. The van der Waals surface area contributed by atoms with E-state index in [1.807, 2.05) is 18.2 Å². The number of benzene rings is 1. The molecule has 8 heteroatoms. The van der Waals surface area contributed by atoms with Gasteiger partial charge >= 0.3 is 0 Å². The fraction of sp³-hybridized carbons (Fsp3) is 0.263. The molecule has 0 saturated carbocycles. The molecule has 8 nitrogen and oxygen atoms in total. The fourth-order valence-corrected chi connectivity index (χ4v) is 3.11. The normalized spacial score (nSPS) is 16.3. The van der Waals surface area contributed by atoms with E-state index in [0.29, 0.717) is 30.8 Å². The molecule has 1 atom stereocenters. The van der Waals surface area contributed by atoms with Crippen molar-refractivity contribution in [1.29, 1.82) is 5.26 Å². The molecule has 0 radical (unpaired) electrons. The van der Waals surface area contributed by atoms with Crippen molar-refractivity contribution in [2.45, 2.75) is 12.5 Å². The molecule has 0 N–H and O–H groups in total. The van der Waals surface area contributed by atoms with E-state index in [1.54, 1.807) is 24.1 Å². The summed E-state index contributed by atoms with van der Waals surface area (Å²) in [7, 11) is 1.56. The molecular weight excluding hydrogens is 348 g/mol. The summed E-state index contributed by atoms with van der Waals surface area (Å²) in [6.45, 7) is 0.911. The number of hydrogen-bond donors (Lipinski definition) is 0. The highest BCUT2D eigenvalue weighted by Crippen LogP contribution is 2.29. The molecule has 4 rings (SSSR count). The maximum Gasteiger partial charge on any atom is 0.289 e. The molecule has 0 spiro atoms. The number of methoxy groups -OCH3 is 1. The number of nitriles is 1. The van der Waals surface area contributed by atoms with Gasteiger partial charge in [-0.3, -0.25) is 4.79 Å². The summed E-state index contributed by atoms with van der Waals surface area (Å²) in [6, 6.07) is 9.16. The number of amides is 1. The molecule has 0 bridgehead atoms. The van der Waals surface area contributed by atoms with Crippen molar-refractivity contribution in [3.8, 4) is 17.7 Å². The third-order valence-corrected chi connectivity index (χ3v) is 4.42. The number of hydrogen-bond acceptors (Lipinski definition) is 7. The molecule has 1 aliphatic rings.